The van der Waals surface area contributed by atoms with Gasteiger partial charge in [-0.15, -0.1) is 36.2 Å². The van der Waals surface area contributed by atoms with Crippen LogP contribution in [-0.2, 0) is 4.79 Å². The van der Waals surface area contributed by atoms with Crippen molar-refractivity contribution in [2.75, 3.05) is 44.2 Å². The van der Waals surface area contributed by atoms with Gasteiger partial charge in [0.05, 0.1) is 5.69 Å². The van der Waals surface area contributed by atoms with Gasteiger partial charge in [0, 0.05) is 38.0 Å². The number of piperidine rings is 1. The van der Waals surface area contributed by atoms with Crippen molar-refractivity contribution in [1.29, 1.82) is 0 Å². The van der Waals surface area contributed by atoms with Gasteiger partial charge in [0.2, 0.25) is 5.91 Å². The van der Waals surface area contributed by atoms with Gasteiger partial charge in [-0.25, -0.2) is 4.98 Å². The molecule has 144 valence electrons. The highest BCUT2D eigenvalue weighted by molar-refractivity contribution is 7.13. The monoisotopic (exact) mass is 408 g/mol. The molecule has 0 aromatic carbocycles. The van der Waals surface area contributed by atoms with Crippen molar-refractivity contribution in [3.63, 3.8) is 0 Å². The Labute approximate surface area is 167 Å². The number of carbonyl (C=O) groups is 1. The van der Waals surface area contributed by atoms with E-state index in [2.05, 4.69) is 32.4 Å². The molecule has 3 rings (SSSR count). The molecule has 0 radical (unpaired) electrons. The van der Waals surface area contributed by atoms with Gasteiger partial charge >= 0.3 is 0 Å². The number of aromatic nitrogens is 1. The Kier molecular flexibility index (Phi) is 9.49. The molecule has 0 saturated carbocycles. The lowest BCUT2D eigenvalue weighted by Crippen LogP contribution is -2.49. The maximum atomic E-state index is 12.6. The van der Waals surface area contributed by atoms with Gasteiger partial charge in [0.25, 0.3) is 0 Å². The third-order valence-corrected chi connectivity index (χ3v) is 6.21. The molecule has 25 heavy (non-hydrogen) atoms. The largest absolute Gasteiger partial charge is 0.345 e. The van der Waals surface area contributed by atoms with Crippen LogP contribution in [0.1, 0.15) is 31.9 Å². The maximum absolute atomic E-state index is 12.6. The fourth-order valence-electron chi connectivity index (χ4n) is 3.62. The van der Waals surface area contributed by atoms with Crippen LogP contribution in [0.15, 0.2) is 5.38 Å². The second kappa shape index (κ2) is 10.6. The van der Waals surface area contributed by atoms with E-state index < -0.39 is 0 Å². The number of amides is 1. The van der Waals surface area contributed by atoms with Crippen LogP contribution in [0.2, 0.25) is 0 Å². The number of nitrogens with zero attached hydrogens (tertiary/aromatic N) is 3. The van der Waals surface area contributed by atoms with E-state index in [1.807, 2.05) is 6.92 Å². The molecule has 1 aromatic rings. The van der Waals surface area contributed by atoms with Gasteiger partial charge < -0.3 is 15.1 Å². The van der Waals surface area contributed by atoms with Crippen molar-refractivity contribution in [2.24, 2.45) is 11.8 Å². The SMILES string of the molecule is Cc1csc(N2CCN(C(=O)CC(C)C3CCNCC3)CC2)n1.Cl.Cl. The molecule has 1 N–H and O–H groups in total. The molecule has 5 nitrogen and oxygen atoms in total. The predicted molar refractivity (Wildman–Crippen MR) is 110 cm³/mol. The summed E-state index contributed by atoms with van der Waals surface area (Å²) in [5.74, 6) is 1.55. The lowest BCUT2D eigenvalue weighted by atomic mass is 9.84. The number of piperazine rings is 1. The van der Waals surface area contributed by atoms with Crippen LogP contribution < -0.4 is 10.2 Å². The molecule has 1 unspecified atom stereocenters. The van der Waals surface area contributed by atoms with E-state index in [0.29, 0.717) is 24.2 Å². The third kappa shape index (κ3) is 5.98. The number of hydrogen-bond acceptors (Lipinski definition) is 5. The van der Waals surface area contributed by atoms with Crippen LogP contribution >= 0.6 is 36.2 Å². The van der Waals surface area contributed by atoms with Crippen molar-refractivity contribution in [3.05, 3.63) is 11.1 Å². The number of aryl methyl sites for hydroxylation is 1. The molecule has 0 bridgehead atoms. The van der Waals surface area contributed by atoms with Crippen molar-refractivity contribution >= 4 is 47.2 Å². The van der Waals surface area contributed by atoms with E-state index in [4.69, 9.17) is 0 Å². The van der Waals surface area contributed by atoms with Crippen LogP contribution in [0.25, 0.3) is 0 Å². The van der Waals surface area contributed by atoms with Crippen LogP contribution in [0.5, 0.6) is 0 Å². The van der Waals surface area contributed by atoms with Gasteiger partial charge in [-0.3, -0.25) is 4.79 Å². The molecular formula is C17H30Cl2N4OS. The molecule has 2 fully saturated rings. The number of rotatable bonds is 4. The summed E-state index contributed by atoms with van der Waals surface area (Å²) >= 11 is 1.70. The standard InChI is InChI=1S/C17H28N4OS.2ClH/c1-13(15-3-5-18-6-4-15)11-16(22)20-7-9-21(10-8-20)17-19-14(2)12-23-17;;/h12-13,15,18H,3-11H2,1-2H3;2*1H. The fourth-order valence-corrected chi connectivity index (χ4v) is 4.48. The Morgan fingerprint density at radius 1 is 1.28 bits per heavy atom. The molecule has 2 aliphatic heterocycles. The van der Waals surface area contributed by atoms with Gasteiger partial charge in [0.1, 0.15) is 0 Å². The minimum atomic E-state index is 0. The molecule has 2 saturated heterocycles. The summed E-state index contributed by atoms with van der Waals surface area (Å²) in [5, 5.41) is 6.59. The Balaban J connectivity index is 0.00000156. The van der Waals surface area contributed by atoms with Gasteiger partial charge in [-0.05, 0) is 44.7 Å². The van der Waals surface area contributed by atoms with Gasteiger partial charge in [-0.2, -0.15) is 0 Å². The molecule has 0 aliphatic carbocycles. The molecule has 1 aromatic heterocycles. The Hall–Kier alpha value is -0.560. The molecule has 0 spiro atoms. The Morgan fingerprint density at radius 3 is 2.48 bits per heavy atom. The number of halogens is 2. The number of hydrogen-bond donors (Lipinski definition) is 1. The quantitative estimate of drug-likeness (QED) is 0.831. The zero-order valence-electron chi connectivity index (χ0n) is 15.1. The van der Waals surface area contributed by atoms with E-state index in [1.165, 1.54) is 12.8 Å². The Morgan fingerprint density at radius 2 is 1.92 bits per heavy atom. The number of carbonyl (C=O) groups excluding carboxylic acids is 1. The summed E-state index contributed by atoms with van der Waals surface area (Å²) in [6.45, 7) is 9.96. The van der Waals surface area contributed by atoms with Crippen molar-refractivity contribution < 1.29 is 4.79 Å². The van der Waals surface area contributed by atoms with Crippen LogP contribution in [0.4, 0.5) is 5.13 Å². The summed E-state index contributed by atoms with van der Waals surface area (Å²) in [7, 11) is 0. The van der Waals surface area contributed by atoms with Crippen molar-refractivity contribution in [3.8, 4) is 0 Å². The summed E-state index contributed by atoms with van der Waals surface area (Å²) in [6, 6.07) is 0. The second-order valence-electron chi connectivity index (χ2n) is 6.91. The smallest absolute Gasteiger partial charge is 0.222 e. The maximum Gasteiger partial charge on any atom is 0.222 e. The molecule has 2 aliphatic rings. The normalized spacial score (nSPS) is 19.8. The third-order valence-electron chi connectivity index (χ3n) is 5.19. The highest BCUT2D eigenvalue weighted by Crippen LogP contribution is 2.26. The van der Waals surface area contributed by atoms with Crippen molar-refractivity contribution in [1.82, 2.24) is 15.2 Å². The summed E-state index contributed by atoms with van der Waals surface area (Å²) < 4.78 is 0. The average Bonchev–Trinajstić information content (AvgIpc) is 3.02. The number of thiazole rings is 1. The van der Waals surface area contributed by atoms with Crippen molar-refractivity contribution in [2.45, 2.75) is 33.1 Å². The first-order chi connectivity index (χ1) is 11.1. The van der Waals surface area contributed by atoms with E-state index in [1.54, 1.807) is 11.3 Å². The van der Waals surface area contributed by atoms with E-state index >= 15 is 0 Å². The zero-order valence-corrected chi connectivity index (χ0v) is 17.5. The Bertz CT molecular complexity index is 528. The van der Waals surface area contributed by atoms with Crippen LogP contribution in [-0.4, -0.2) is 55.1 Å². The summed E-state index contributed by atoms with van der Waals surface area (Å²) in [4.78, 5) is 21.5. The fraction of sp³-hybridized carbons (Fsp3) is 0.765. The minimum absolute atomic E-state index is 0. The zero-order chi connectivity index (χ0) is 16.2. The lowest BCUT2D eigenvalue weighted by molar-refractivity contribution is -0.132. The topological polar surface area (TPSA) is 48.5 Å². The van der Waals surface area contributed by atoms with Crippen LogP contribution in [0, 0.1) is 18.8 Å². The van der Waals surface area contributed by atoms with E-state index in [0.717, 1.165) is 50.1 Å². The second-order valence-corrected chi connectivity index (χ2v) is 7.74. The number of nitrogens with one attached hydrogen (secondary N) is 1. The molecule has 1 amide bonds. The van der Waals surface area contributed by atoms with Gasteiger partial charge in [-0.1, -0.05) is 6.92 Å². The summed E-state index contributed by atoms with van der Waals surface area (Å²) in [5.41, 5.74) is 1.08. The lowest BCUT2D eigenvalue weighted by Gasteiger charge is -2.36. The molecule has 8 heteroatoms. The minimum Gasteiger partial charge on any atom is -0.345 e. The van der Waals surface area contributed by atoms with Gasteiger partial charge in [0.15, 0.2) is 5.13 Å². The first-order valence-corrected chi connectivity index (χ1v) is 9.67. The van der Waals surface area contributed by atoms with Crippen LogP contribution in [0.3, 0.4) is 0 Å². The predicted octanol–water partition coefficient (Wildman–Crippen LogP) is 2.97. The molecule has 1 atom stereocenters. The first kappa shape index (κ1) is 22.5. The number of anilines is 1. The first-order valence-electron chi connectivity index (χ1n) is 8.79. The molecular weight excluding hydrogens is 379 g/mol. The highest BCUT2D eigenvalue weighted by atomic mass is 35.5. The molecule has 3 heterocycles. The summed E-state index contributed by atoms with van der Waals surface area (Å²) in [6.07, 6.45) is 3.14. The average molecular weight is 409 g/mol. The highest BCUT2D eigenvalue weighted by Gasteiger charge is 2.27. The van der Waals surface area contributed by atoms with E-state index in [-0.39, 0.29) is 24.8 Å². The van der Waals surface area contributed by atoms with E-state index in [9.17, 15) is 4.79 Å².